The zero-order chi connectivity index (χ0) is 31.9. The number of nitrogen functional groups attached to an aromatic ring is 1. The number of aryl methyl sites for hydroxylation is 2. The van der Waals surface area contributed by atoms with Gasteiger partial charge in [-0.25, -0.2) is 9.97 Å². The zero-order valence-corrected chi connectivity index (χ0v) is 26.5. The first-order chi connectivity index (χ1) is 21.2. The molecule has 0 aliphatic rings. The number of rotatable bonds is 21. The van der Waals surface area contributed by atoms with Crippen LogP contribution in [0.1, 0.15) is 90.3 Å². The maximum absolute atomic E-state index is 12.3. The summed E-state index contributed by atoms with van der Waals surface area (Å²) in [7, 11) is 1.76. The van der Waals surface area contributed by atoms with Crippen molar-refractivity contribution in [3.8, 4) is 0 Å². The number of imidazole rings is 1. The summed E-state index contributed by atoms with van der Waals surface area (Å²) in [5.74, 6) is 1.14. The van der Waals surface area contributed by atoms with E-state index < -0.39 is 0 Å². The van der Waals surface area contributed by atoms with E-state index in [2.05, 4.69) is 38.5 Å². The molecule has 0 radical (unpaired) electrons. The molecule has 0 saturated carbocycles. The molecule has 3 rings (SSSR count). The number of hydrogen-bond donors (Lipinski definition) is 4. The lowest BCUT2D eigenvalue weighted by Crippen LogP contribution is -2.32. The van der Waals surface area contributed by atoms with E-state index in [0.29, 0.717) is 18.9 Å². The van der Waals surface area contributed by atoms with Crippen LogP contribution in [-0.2, 0) is 32.1 Å². The Morgan fingerprint density at radius 2 is 1.55 bits per heavy atom. The van der Waals surface area contributed by atoms with Gasteiger partial charge in [0.1, 0.15) is 22.9 Å². The van der Waals surface area contributed by atoms with E-state index in [1.54, 1.807) is 14.0 Å². The first-order valence-corrected chi connectivity index (χ1v) is 16.0. The zero-order valence-electron chi connectivity index (χ0n) is 26.5. The number of amides is 2. The second-order valence-corrected chi connectivity index (χ2v) is 11.4. The van der Waals surface area contributed by atoms with Gasteiger partial charge >= 0.3 is 0 Å². The molecule has 11 heteroatoms. The number of nitrogens with zero attached hydrogens (tertiary/aromatic N) is 3. The van der Waals surface area contributed by atoms with Gasteiger partial charge in [-0.3, -0.25) is 19.2 Å². The van der Waals surface area contributed by atoms with Crippen molar-refractivity contribution < 1.29 is 19.2 Å². The van der Waals surface area contributed by atoms with Gasteiger partial charge in [0, 0.05) is 57.1 Å². The van der Waals surface area contributed by atoms with Crippen LogP contribution in [0.5, 0.6) is 0 Å². The highest BCUT2D eigenvalue weighted by atomic mass is 16.2. The SMILES string of the molecule is CCCCc1nc2c(N)nc3ccccc3c2n1CCCCNC(=O)CCC(=O)CCC(=O)NCCCCC(NC)C(C)=O. The minimum absolute atomic E-state index is 0.0961. The molecular formula is C33H49N7O4. The summed E-state index contributed by atoms with van der Waals surface area (Å²) >= 11 is 0. The molecule has 44 heavy (non-hydrogen) atoms. The number of para-hydroxylation sites is 1. The van der Waals surface area contributed by atoms with Gasteiger partial charge in [0.25, 0.3) is 0 Å². The average Bonchev–Trinajstić information content (AvgIpc) is 3.38. The number of likely N-dealkylation sites (N-methyl/N-ethyl adjacent to an activating group) is 1. The van der Waals surface area contributed by atoms with E-state index in [1.807, 2.05) is 18.2 Å². The lowest BCUT2D eigenvalue weighted by molar-refractivity contribution is -0.127. The first-order valence-electron chi connectivity index (χ1n) is 16.0. The standard InChI is InChI=1S/C33H49N7O4/c1-4-5-15-28-39-31-32(25-12-6-7-14-27(25)38-33(31)34)40(28)22-11-10-21-37-30(44)19-17-24(42)16-18-29(43)36-20-9-8-13-26(35-3)23(2)41/h6-7,12,14,26,35H,4-5,8-11,13,15-22H2,1-3H3,(H2,34,38)(H,36,43)(H,37,44). The lowest BCUT2D eigenvalue weighted by Gasteiger charge is -2.12. The quantitative estimate of drug-likeness (QED) is 0.132. The molecule has 3 aromatic rings. The third-order valence-corrected chi connectivity index (χ3v) is 7.92. The fraction of sp³-hybridized carbons (Fsp3) is 0.576. The summed E-state index contributed by atoms with van der Waals surface area (Å²) in [6.07, 6.45) is 7.42. The van der Waals surface area contributed by atoms with Gasteiger partial charge in [-0.05, 0) is 58.6 Å². The Labute approximate surface area is 260 Å². The number of benzene rings is 1. The van der Waals surface area contributed by atoms with Gasteiger partial charge in [0.2, 0.25) is 11.8 Å². The number of pyridine rings is 1. The number of nitrogens with two attached hydrogens (primary N) is 1. The third kappa shape index (κ3) is 10.4. The Bertz CT molecular complexity index is 1420. The third-order valence-electron chi connectivity index (χ3n) is 7.92. The summed E-state index contributed by atoms with van der Waals surface area (Å²) in [5, 5.41) is 9.75. The monoisotopic (exact) mass is 607 g/mol. The van der Waals surface area contributed by atoms with Crippen LogP contribution in [0.25, 0.3) is 21.9 Å². The normalized spacial score (nSPS) is 12.0. The van der Waals surface area contributed by atoms with Crippen molar-refractivity contribution in [2.75, 3.05) is 25.9 Å². The van der Waals surface area contributed by atoms with Crippen LogP contribution in [0.3, 0.4) is 0 Å². The van der Waals surface area contributed by atoms with Crippen molar-refractivity contribution >= 4 is 51.1 Å². The molecule has 240 valence electrons. The summed E-state index contributed by atoms with van der Waals surface area (Å²) < 4.78 is 2.26. The van der Waals surface area contributed by atoms with Crippen molar-refractivity contribution in [2.24, 2.45) is 0 Å². The van der Waals surface area contributed by atoms with E-state index in [0.717, 1.165) is 85.7 Å². The van der Waals surface area contributed by atoms with Crippen LogP contribution >= 0.6 is 0 Å². The highest BCUT2D eigenvalue weighted by Crippen LogP contribution is 2.29. The minimum atomic E-state index is -0.171. The average molecular weight is 608 g/mol. The Kier molecular flexibility index (Phi) is 14.2. The Hall–Kier alpha value is -3.86. The van der Waals surface area contributed by atoms with E-state index in [4.69, 9.17) is 10.7 Å². The summed E-state index contributed by atoms with van der Waals surface area (Å²) in [6.45, 7) is 5.53. The van der Waals surface area contributed by atoms with E-state index >= 15 is 0 Å². The molecule has 5 N–H and O–H groups in total. The van der Waals surface area contributed by atoms with E-state index in [1.165, 1.54) is 0 Å². The predicted molar refractivity (Wildman–Crippen MR) is 174 cm³/mol. The number of carbonyl (C=O) groups is 4. The fourth-order valence-electron chi connectivity index (χ4n) is 5.35. The molecule has 11 nitrogen and oxygen atoms in total. The molecule has 0 bridgehead atoms. The topological polar surface area (TPSA) is 161 Å². The number of unbranched alkanes of at least 4 members (excludes halogenated alkanes) is 3. The van der Waals surface area contributed by atoms with Crippen LogP contribution in [0.15, 0.2) is 24.3 Å². The largest absolute Gasteiger partial charge is 0.382 e. The minimum Gasteiger partial charge on any atom is -0.382 e. The van der Waals surface area contributed by atoms with Crippen LogP contribution in [-0.4, -0.2) is 64.1 Å². The van der Waals surface area contributed by atoms with E-state index in [9.17, 15) is 19.2 Å². The van der Waals surface area contributed by atoms with E-state index in [-0.39, 0.29) is 55.1 Å². The molecule has 0 fully saturated rings. The second-order valence-electron chi connectivity index (χ2n) is 11.4. The molecule has 1 aromatic carbocycles. The van der Waals surface area contributed by atoms with Crippen molar-refractivity contribution in [1.29, 1.82) is 0 Å². The molecule has 2 heterocycles. The van der Waals surface area contributed by atoms with Gasteiger partial charge in [-0.15, -0.1) is 0 Å². The van der Waals surface area contributed by atoms with Crippen molar-refractivity contribution in [1.82, 2.24) is 30.5 Å². The van der Waals surface area contributed by atoms with Gasteiger partial charge in [-0.1, -0.05) is 31.5 Å². The Balaban J connectivity index is 1.35. The number of anilines is 1. The van der Waals surface area contributed by atoms with Crippen molar-refractivity contribution in [3.05, 3.63) is 30.1 Å². The summed E-state index contributed by atoms with van der Waals surface area (Å²) in [6, 6.07) is 7.82. The molecule has 1 unspecified atom stereocenters. The Morgan fingerprint density at radius 3 is 2.18 bits per heavy atom. The van der Waals surface area contributed by atoms with Crippen molar-refractivity contribution in [2.45, 2.75) is 103 Å². The van der Waals surface area contributed by atoms with Crippen LogP contribution in [0.4, 0.5) is 5.82 Å². The van der Waals surface area contributed by atoms with Gasteiger partial charge < -0.3 is 26.3 Å². The highest BCUT2D eigenvalue weighted by Gasteiger charge is 2.17. The number of nitrogens with one attached hydrogen (secondary N) is 3. The molecule has 0 aliphatic heterocycles. The molecular weight excluding hydrogens is 558 g/mol. The molecule has 0 spiro atoms. The number of aromatic nitrogens is 3. The number of fused-ring (bicyclic) bond motifs is 3. The first kappa shape index (κ1) is 34.6. The number of Topliss-reactive ketones (excluding diaryl/α,β-unsaturated/α-hetero) is 2. The maximum atomic E-state index is 12.3. The molecule has 2 aromatic heterocycles. The van der Waals surface area contributed by atoms with Crippen LogP contribution in [0.2, 0.25) is 0 Å². The van der Waals surface area contributed by atoms with Gasteiger partial charge in [0.15, 0.2) is 5.82 Å². The predicted octanol–water partition coefficient (Wildman–Crippen LogP) is 4.00. The molecule has 2 amide bonds. The van der Waals surface area contributed by atoms with Crippen LogP contribution in [0, 0.1) is 0 Å². The lowest BCUT2D eigenvalue weighted by atomic mass is 10.1. The maximum Gasteiger partial charge on any atom is 0.220 e. The fourth-order valence-corrected chi connectivity index (χ4v) is 5.35. The van der Waals surface area contributed by atoms with Crippen molar-refractivity contribution in [3.63, 3.8) is 0 Å². The Morgan fingerprint density at radius 1 is 0.886 bits per heavy atom. The molecule has 0 saturated heterocycles. The summed E-state index contributed by atoms with van der Waals surface area (Å²) in [5.41, 5.74) is 8.90. The second kappa shape index (κ2) is 18.1. The summed E-state index contributed by atoms with van der Waals surface area (Å²) in [4.78, 5) is 57.4. The highest BCUT2D eigenvalue weighted by molar-refractivity contribution is 6.06. The van der Waals surface area contributed by atoms with Gasteiger partial charge in [-0.2, -0.15) is 0 Å². The number of carbonyl (C=O) groups excluding carboxylic acids is 4. The molecule has 1 atom stereocenters. The smallest absolute Gasteiger partial charge is 0.220 e. The number of ketones is 2. The number of hydrogen-bond acceptors (Lipinski definition) is 8. The van der Waals surface area contributed by atoms with Gasteiger partial charge in [0.05, 0.1) is 17.1 Å². The molecule has 0 aliphatic carbocycles. The van der Waals surface area contributed by atoms with Crippen LogP contribution < -0.4 is 21.7 Å².